The van der Waals surface area contributed by atoms with E-state index in [0.29, 0.717) is 54.6 Å². The van der Waals surface area contributed by atoms with Crippen molar-refractivity contribution in [3.63, 3.8) is 0 Å². The molecule has 2 aromatic carbocycles. The summed E-state index contributed by atoms with van der Waals surface area (Å²) in [5, 5.41) is 14.9. The quantitative estimate of drug-likeness (QED) is 0.341. The topological polar surface area (TPSA) is 89.2 Å². The molecule has 0 spiro atoms. The van der Waals surface area contributed by atoms with Crippen molar-refractivity contribution in [1.82, 2.24) is 29.8 Å². The molecule has 210 valence electrons. The monoisotopic (exact) mass is 553 g/mol. The third-order valence-corrected chi connectivity index (χ3v) is 7.10. The highest BCUT2D eigenvalue weighted by atomic mass is 19.2. The number of rotatable bonds is 8. The number of methoxy groups -OCH3 is 1. The van der Waals surface area contributed by atoms with Crippen molar-refractivity contribution in [2.24, 2.45) is 7.05 Å². The maximum atomic E-state index is 14.1. The van der Waals surface area contributed by atoms with Crippen molar-refractivity contribution >= 4 is 11.8 Å². The first-order valence-corrected chi connectivity index (χ1v) is 12.8. The van der Waals surface area contributed by atoms with Crippen LogP contribution in [-0.2, 0) is 11.8 Å². The van der Waals surface area contributed by atoms with Gasteiger partial charge in [0.15, 0.2) is 11.6 Å². The SMILES string of the molecule is COCCN1CC(NC(=O)Nc2c(C)c(-c3cnn(C)c3)nn2-c2ccc(F)cc2)C(c2ccc(F)c(F)c2)C1. The van der Waals surface area contributed by atoms with Gasteiger partial charge in [0, 0.05) is 57.0 Å². The van der Waals surface area contributed by atoms with Crippen LogP contribution in [0.3, 0.4) is 0 Å². The highest BCUT2D eigenvalue weighted by molar-refractivity contribution is 5.91. The Morgan fingerprint density at radius 1 is 1.10 bits per heavy atom. The first kappa shape index (κ1) is 27.4. The number of nitrogens with one attached hydrogen (secondary N) is 2. The number of aromatic nitrogens is 4. The zero-order valence-corrected chi connectivity index (χ0v) is 22.4. The lowest BCUT2D eigenvalue weighted by atomic mass is 9.94. The number of amides is 2. The molecule has 1 saturated heterocycles. The fourth-order valence-electron chi connectivity index (χ4n) is 5.06. The summed E-state index contributed by atoms with van der Waals surface area (Å²) in [7, 11) is 3.40. The summed E-state index contributed by atoms with van der Waals surface area (Å²) < 4.78 is 49.8. The number of hydrogen-bond donors (Lipinski definition) is 2. The van der Waals surface area contributed by atoms with Crippen LogP contribution < -0.4 is 10.6 Å². The molecule has 0 aliphatic carbocycles. The number of benzene rings is 2. The van der Waals surface area contributed by atoms with Gasteiger partial charge < -0.3 is 10.1 Å². The molecule has 2 N–H and O–H groups in total. The zero-order valence-electron chi connectivity index (χ0n) is 22.4. The molecule has 3 heterocycles. The van der Waals surface area contributed by atoms with Crippen LogP contribution in [0, 0.1) is 24.4 Å². The van der Waals surface area contributed by atoms with E-state index in [1.165, 1.54) is 18.2 Å². The van der Waals surface area contributed by atoms with E-state index < -0.39 is 23.5 Å². The summed E-state index contributed by atoms with van der Waals surface area (Å²) in [5.41, 5.74) is 3.21. The van der Waals surface area contributed by atoms with Crippen LogP contribution >= 0.6 is 0 Å². The molecule has 2 atom stereocenters. The average molecular weight is 554 g/mol. The van der Waals surface area contributed by atoms with Gasteiger partial charge in [0.25, 0.3) is 0 Å². The van der Waals surface area contributed by atoms with Gasteiger partial charge in [0.2, 0.25) is 0 Å². The first-order valence-electron chi connectivity index (χ1n) is 12.8. The third-order valence-electron chi connectivity index (χ3n) is 7.10. The number of aryl methyl sites for hydroxylation is 1. The van der Waals surface area contributed by atoms with Gasteiger partial charge >= 0.3 is 6.03 Å². The van der Waals surface area contributed by atoms with E-state index in [4.69, 9.17) is 9.84 Å². The highest BCUT2D eigenvalue weighted by Gasteiger charge is 2.35. The molecular weight excluding hydrogens is 523 g/mol. The second-order valence-electron chi connectivity index (χ2n) is 9.85. The third kappa shape index (κ3) is 5.73. The maximum absolute atomic E-state index is 14.1. The Morgan fingerprint density at radius 3 is 2.55 bits per heavy atom. The Balaban J connectivity index is 1.43. The molecule has 1 aliphatic rings. The van der Waals surface area contributed by atoms with Gasteiger partial charge in [-0.1, -0.05) is 6.07 Å². The minimum atomic E-state index is -0.933. The Bertz CT molecular complexity index is 1500. The normalized spacial score (nSPS) is 17.4. The summed E-state index contributed by atoms with van der Waals surface area (Å²) in [5.74, 6) is -2.12. The van der Waals surface area contributed by atoms with Crippen molar-refractivity contribution < 1.29 is 22.7 Å². The summed E-state index contributed by atoms with van der Waals surface area (Å²) in [6.07, 6.45) is 3.49. The molecular formula is C28H30F3N7O2. The molecule has 0 radical (unpaired) electrons. The predicted molar refractivity (Wildman–Crippen MR) is 144 cm³/mol. The molecule has 2 aromatic heterocycles. The highest BCUT2D eigenvalue weighted by Crippen LogP contribution is 2.32. The number of urea groups is 1. The van der Waals surface area contributed by atoms with Crippen molar-refractivity contribution in [3.8, 4) is 16.9 Å². The lowest BCUT2D eigenvalue weighted by Crippen LogP contribution is -2.42. The smallest absolute Gasteiger partial charge is 0.320 e. The molecule has 2 unspecified atom stereocenters. The minimum Gasteiger partial charge on any atom is -0.383 e. The molecule has 5 rings (SSSR count). The molecule has 4 aromatic rings. The lowest BCUT2D eigenvalue weighted by Gasteiger charge is -2.21. The van der Waals surface area contributed by atoms with Crippen LogP contribution in [0.15, 0.2) is 54.9 Å². The van der Waals surface area contributed by atoms with Crippen LogP contribution in [0.2, 0.25) is 0 Å². The minimum absolute atomic E-state index is 0.272. The number of anilines is 1. The first-order chi connectivity index (χ1) is 19.2. The standard InChI is InChI=1S/C28H30F3N7O2/c1-17-26(19-13-32-36(2)14-19)35-38(21-7-5-20(29)6-8-21)27(17)34-28(39)33-25-16-37(10-11-40-3)15-22(25)18-4-9-23(30)24(31)12-18/h4-9,12-14,22,25H,10-11,15-16H2,1-3H3,(H2,33,34,39). The largest absolute Gasteiger partial charge is 0.383 e. The zero-order chi connectivity index (χ0) is 28.4. The van der Waals surface area contributed by atoms with Crippen molar-refractivity contribution in [2.45, 2.75) is 18.9 Å². The van der Waals surface area contributed by atoms with Crippen LogP contribution in [0.25, 0.3) is 16.9 Å². The number of nitrogens with zero attached hydrogens (tertiary/aromatic N) is 5. The van der Waals surface area contributed by atoms with Crippen LogP contribution in [0.1, 0.15) is 17.0 Å². The van der Waals surface area contributed by atoms with E-state index in [1.54, 1.807) is 47.9 Å². The molecule has 40 heavy (non-hydrogen) atoms. The summed E-state index contributed by atoms with van der Waals surface area (Å²) in [6.45, 7) is 3.99. The van der Waals surface area contributed by atoms with Gasteiger partial charge in [-0.05, 0) is 48.9 Å². The van der Waals surface area contributed by atoms with Crippen LogP contribution in [0.4, 0.5) is 23.8 Å². The summed E-state index contributed by atoms with van der Waals surface area (Å²) in [6, 6.07) is 8.73. The second-order valence-corrected chi connectivity index (χ2v) is 9.85. The molecule has 1 aliphatic heterocycles. The fraction of sp³-hybridized carbons (Fsp3) is 0.321. The summed E-state index contributed by atoms with van der Waals surface area (Å²) >= 11 is 0. The summed E-state index contributed by atoms with van der Waals surface area (Å²) in [4.78, 5) is 15.5. The number of carbonyl (C=O) groups is 1. The predicted octanol–water partition coefficient (Wildman–Crippen LogP) is 4.23. The van der Waals surface area contributed by atoms with Gasteiger partial charge in [-0.25, -0.2) is 22.6 Å². The van der Waals surface area contributed by atoms with E-state index >= 15 is 0 Å². The van der Waals surface area contributed by atoms with Crippen molar-refractivity contribution in [2.75, 3.05) is 38.7 Å². The van der Waals surface area contributed by atoms with Gasteiger partial charge in [-0.3, -0.25) is 14.9 Å². The van der Waals surface area contributed by atoms with Gasteiger partial charge in [0.05, 0.1) is 24.5 Å². The molecule has 1 fully saturated rings. The van der Waals surface area contributed by atoms with Crippen LogP contribution in [-0.4, -0.2) is 69.9 Å². The Labute approximate surface area is 229 Å². The fourth-order valence-corrected chi connectivity index (χ4v) is 5.06. The molecule has 9 nitrogen and oxygen atoms in total. The molecule has 0 bridgehead atoms. The van der Waals surface area contributed by atoms with Crippen LogP contribution in [0.5, 0.6) is 0 Å². The van der Waals surface area contributed by atoms with Crippen molar-refractivity contribution in [3.05, 3.63) is 83.4 Å². The van der Waals surface area contributed by atoms with E-state index in [-0.39, 0.29) is 12.0 Å². The second kappa shape index (κ2) is 11.5. The maximum Gasteiger partial charge on any atom is 0.320 e. The average Bonchev–Trinajstić information content (AvgIpc) is 3.62. The van der Waals surface area contributed by atoms with E-state index in [1.807, 2.05) is 13.1 Å². The van der Waals surface area contributed by atoms with Gasteiger partial charge in [-0.2, -0.15) is 10.2 Å². The number of likely N-dealkylation sites (tertiary alicyclic amines) is 1. The number of ether oxygens (including phenoxy) is 1. The number of hydrogen-bond acceptors (Lipinski definition) is 5. The van der Waals surface area contributed by atoms with Gasteiger partial charge in [-0.15, -0.1) is 0 Å². The van der Waals surface area contributed by atoms with E-state index in [9.17, 15) is 18.0 Å². The van der Waals surface area contributed by atoms with E-state index in [0.717, 1.165) is 11.6 Å². The molecule has 0 saturated carbocycles. The van der Waals surface area contributed by atoms with E-state index in [2.05, 4.69) is 20.6 Å². The lowest BCUT2D eigenvalue weighted by molar-refractivity contribution is 0.159. The Hall–Kier alpha value is -4.16. The Kier molecular flexibility index (Phi) is 7.90. The Morgan fingerprint density at radius 2 is 1.88 bits per heavy atom. The number of carbonyl (C=O) groups excluding carboxylic acids is 1. The van der Waals surface area contributed by atoms with Gasteiger partial charge in [0.1, 0.15) is 17.3 Å². The van der Waals surface area contributed by atoms with Crippen molar-refractivity contribution in [1.29, 1.82) is 0 Å². The molecule has 12 heteroatoms. The molecule has 2 amide bonds. The number of halogens is 3.